The van der Waals surface area contributed by atoms with Gasteiger partial charge in [0, 0.05) is 6.20 Å². The van der Waals surface area contributed by atoms with E-state index in [1.54, 1.807) is 6.07 Å². The number of pyridine rings is 1. The molecule has 0 bridgehead atoms. The lowest BCUT2D eigenvalue weighted by atomic mass is 9.88. The standard InChI is InChI=1S/C20H32F3N/c1-3-5-7-9-11-13-17(12-10-8-6-4-2)18-14-15-24-19(16-18)20(21,22)23/h14-17H,3-13H2,1-2H3. The first-order chi connectivity index (χ1) is 11.5. The van der Waals surface area contributed by atoms with Crippen molar-refractivity contribution in [3.63, 3.8) is 0 Å². The maximum absolute atomic E-state index is 12.9. The van der Waals surface area contributed by atoms with Crippen molar-refractivity contribution in [1.29, 1.82) is 0 Å². The normalized spacial score (nSPS) is 13.2. The van der Waals surface area contributed by atoms with E-state index in [1.165, 1.54) is 57.2 Å². The smallest absolute Gasteiger partial charge is 0.252 e. The van der Waals surface area contributed by atoms with Crippen LogP contribution in [0.15, 0.2) is 18.3 Å². The summed E-state index contributed by atoms with van der Waals surface area (Å²) in [6.45, 7) is 4.36. The number of nitrogens with zero attached hydrogens (tertiary/aromatic N) is 1. The summed E-state index contributed by atoms with van der Waals surface area (Å²) in [6, 6.07) is 3.03. The maximum atomic E-state index is 12.9. The largest absolute Gasteiger partial charge is 0.433 e. The number of hydrogen-bond acceptors (Lipinski definition) is 1. The van der Waals surface area contributed by atoms with Crippen LogP contribution in [-0.2, 0) is 6.18 Å². The lowest BCUT2D eigenvalue weighted by Gasteiger charge is -2.18. The van der Waals surface area contributed by atoms with Crippen LogP contribution in [0.3, 0.4) is 0 Å². The summed E-state index contributed by atoms with van der Waals surface area (Å²) in [5.74, 6) is 0.229. The fourth-order valence-electron chi connectivity index (χ4n) is 3.15. The molecule has 1 rings (SSSR count). The molecule has 0 aromatic carbocycles. The second kappa shape index (κ2) is 11.5. The van der Waals surface area contributed by atoms with Crippen LogP contribution in [0.1, 0.15) is 102 Å². The molecule has 1 atom stereocenters. The molecule has 24 heavy (non-hydrogen) atoms. The van der Waals surface area contributed by atoms with Crippen LogP contribution in [-0.4, -0.2) is 4.98 Å². The van der Waals surface area contributed by atoms with Crippen molar-refractivity contribution in [2.45, 2.75) is 96.6 Å². The molecule has 4 heteroatoms. The third kappa shape index (κ3) is 8.16. The molecule has 0 aliphatic carbocycles. The molecule has 1 nitrogen and oxygen atoms in total. The van der Waals surface area contributed by atoms with Crippen LogP contribution in [0.25, 0.3) is 0 Å². The van der Waals surface area contributed by atoms with Crippen molar-refractivity contribution >= 4 is 0 Å². The van der Waals surface area contributed by atoms with Gasteiger partial charge in [0.05, 0.1) is 0 Å². The highest BCUT2D eigenvalue weighted by molar-refractivity contribution is 5.22. The zero-order valence-electron chi connectivity index (χ0n) is 15.2. The number of rotatable bonds is 12. The molecule has 1 aromatic heterocycles. The monoisotopic (exact) mass is 343 g/mol. The minimum atomic E-state index is -4.36. The summed E-state index contributed by atoms with van der Waals surface area (Å²) in [5.41, 5.74) is 0.0499. The first kappa shape index (κ1) is 21.0. The molecule has 1 heterocycles. The van der Waals surface area contributed by atoms with Gasteiger partial charge in [-0.25, -0.2) is 0 Å². The Morgan fingerprint density at radius 2 is 1.42 bits per heavy atom. The minimum Gasteiger partial charge on any atom is -0.252 e. The topological polar surface area (TPSA) is 12.9 Å². The van der Waals surface area contributed by atoms with Crippen molar-refractivity contribution < 1.29 is 13.2 Å². The molecular formula is C20H32F3N. The van der Waals surface area contributed by atoms with Crippen LogP contribution < -0.4 is 0 Å². The summed E-state index contributed by atoms with van der Waals surface area (Å²) in [6.07, 6.45) is 9.51. The number of aromatic nitrogens is 1. The van der Waals surface area contributed by atoms with Crippen molar-refractivity contribution in [2.75, 3.05) is 0 Å². The molecule has 0 amide bonds. The zero-order chi connectivity index (χ0) is 17.8. The number of hydrogen-bond donors (Lipinski definition) is 0. The lowest BCUT2D eigenvalue weighted by molar-refractivity contribution is -0.141. The van der Waals surface area contributed by atoms with Crippen LogP contribution in [0, 0.1) is 0 Å². The quantitative estimate of drug-likeness (QED) is 0.358. The highest BCUT2D eigenvalue weighted by atomic mass is 19.4. The van der Waals surface area contributed by atoms with Crippen LogP contribution >= 0.6 is 0 Å². The lowest BCUT2D eigenvalue weighted by Crippen LogP contribution is -2.10. The highest BCUT2D eigenvalue weighted by Gasteiger charge is 2.32. The Balaban J connectivity index is 2.68. The highest BCUT2D eigenvalue weighted by Crippen LogP contribution is 2.33. The summed E-state index contributed by atoms with van der Waals surface area (Å²) in [5, 5.41) is 0. The Morgan fingerprint density at radius 3 is 1.96 bits per heavy atom. The summed E-state index contributed by atoms with van der Waals surface area (Å²) < 4.78 is 38.7. The molecule has 0 aliphatic heterocycles. The van der Waals surface area contributed by atoms with Crippen LogP contribution in [0.2, 0.25) is 0 Å². The fourth-order valence-corrected chi connectivity index (χ4v) is 3.15. The Morgan fingerprint density at radius 1 is 0.875 bits per heavy atom. The average Bonchev–Trinajstić information content (AvgIpc) is 2.56. The molecule has 0 saturated heterocycles. The molecule has 0 spiro atoms. The average molecular weight is 343 g/mol. The van der Waals surface area contributed by atoms with Crippen molar-refractivity contribution in [1.82, 2.24) is 4.98 Å². The first-order valence-corrected chi connectivity index (χ1v) is 9.52. The number of alkyl halides is 3. The van der Waals surface area contributed by atoms with Gasteiger partial charge in [-0.15, -0.1) is 0 Å². The van der Waals surface area contributed by atoms with Crippen molar-refractivity contribution in [2.24, 2.45) is 0 Å². The molecule has 1 unspecified atom stereocenters. The predicted molar refractivity (Wildman–Crippen MR) is 94.1 cm³/mol. The second-order valence-electron chi connectivity index (χ2n) is 6.72. The third-order valence-electron chi connectivity index (χ3n) is 4.61. The van der Waals surface area contributed by atoms with Crippen LogP contribution in [0.5, 0.6) is 0 Å². The van der Waals surface area contributed by atoms with Gasteiger partial charge in [0.15, 0.2) is 0 Å². The van der Waals surface area contributed by atoms with Gasteiger partial charge < -0.3 is 0 Å². The maximum Gasteiger partial charge on any atom is 0.433 e. The van der Waals surface area contributed by atoms with E-state index in [0.717, 1.165) is 31.2 Å². The van der Waals surface area contributed by atoms with Gasteiger partial charge in [-0.1, -0.05) is 71.6 Å². The zero-order valence-corrected chi connectivity index (χ0v) is 15.2. The summed E-state index contributed by atoms with van der Waals surface area (Å²) in [7, 11) is 0. The molecule has 0 radical (unpaired) electrons. The predicted octanol–water partition coefficient (Wildman–Crippen LogP) is 7.51. The van der Waals surface area contributed by atoms with E-state index in [1.807, 2.05) is 0 Å². The Kier molecular flexibility index (Phi) is 10.0. The van der Waals surface area contributed by atoms with Crippen molar-refractivity contribution in [3.8, 4) is 0 Å². The molecular weight excluding hydrogens is 311 g/mol. The van der Waals surface area contributed by atoms with Gasteiger partial charge >= 0.3 is 6.18 Å². The number of halogens is 3. The van der Waals surface area contributed by atoms with Gasteiger partial charge in [-0.05, 0) is 36.5 Å². The summed E-state index contributed by atoms with van der Waals surface area (Å²) in [4.78, 5) is 3.50. The summed E-state index contributed by atoms with van der Waals surface area (Å²) >= 11 is 0. The fraction of sp³-hybridized carbons (Fsp3) is 0.750. The molecule has 138 valence electrons. The Hall–Kier alpha value is -1.06. The van der Waals surface area contributed by atoms with E-state index in [2.05, 4.69) is 18.8 Å². The Bertz CT molecular complexity index is 443. The molecule has 0 fully saturated rings. The van der Waals surface area contributed by atoms with E-state index in [9.17, 15) is 13.2 Å². The minimum absolute atomic E-state index is 0.229. The van der Waals surface area contributed by atoms with Gasteiger partial charge in [-0.2, -0.15) is 13.2 Å². The van der Waals surface area contributed by atoms with E-state index in [4.69, 9.17) is 0 Å². The second-order valence-corrected chi connectivity index (χ2v) is 6.72. The van der Waals surface area contributed by atoms with Crippen molar-refractivity contribution in [3.05, 3.63) is 29.6 Å². The SMILES string of the molecule is CCCCCCCC(CCCCCC)c1ccnc(C(F)(F)F)c1. The van der Waals surface area contributed by atoms with E-state index in [0.29, 0.717) is 0 Å². The van der Waals surface area contributed by atoms with E-state index >= 15 is 0 Å². The Labute approximate surface area is 145 Å². The number of unbranched alkanes of at least 4 members (excludes halogenated alkanes) is 7. The van der Waals surface area contributed by atoms with Gasteiger partial charge in [0.1, 0.15) is 5.69 Å². The third-order valence-corrected chi connectivity index (χ3v) is 4.61. The molecule has 0 aliphatic rings. The van der Waals surface area contributed by atoms with Gasteiger partial charge in [-0.3, -0.25) is 4.98 Å². The molecule has 0 saturated carbocycles. The van der Waals surface area contributed by atoms with Crippen LogP contribution in [0.4, 0.5) is 13.2 Å². The first-order valence-electron chi connectivity index (χ1n) is 9.52. The van der Waals surface area contributed by atoms with E-state index < -0.39 is 11.9 Å². The van der Waals surface area contributed by atoms with Gasteiger partial charge in [0.25, 0.3) is 0 Å². The molecule has 0 N–H and O–H groups in total. The molecule has 1 aromatic rings. The van der Waals surface area contributed by atoms with E-state index in [-0.39, 0.29) is 5.92 Å². The van der Waals surface area contributed by atoms with Gasteiger partial charge in [0.2, 0.25) is 0 Å².